The summed E-state index contributed by atoms with van der Waals surface area (Å²) < 4.78 is 11.3. The van der Waals surface area contributed by atoms with Crippen LogP contribution in [-0.2, 0) is 22.5 Å². The standard InChI is InChI=1S/C24H34N4O4/c1-15(2)20-13-27(7-8-28(20)23(30)31-10-9-29)22-18(12-25)17-11-24(3,4)32-14-19(17)21(26-22)16-5-6-16/h15-16,20,29H,5-11,13-14H2,1-4H3/t20-/m0/s1. The molecule has 3 aliphatic rings. The summed E-state index contributed by atoms with van der Waals surface area (Å²) in [7, 11) is 0. The van der Waals surface area contributed by atoms with Crippen LogP contribution in [0.4, 0.5) is 10.6 Å². The fraction of sp³-hybridized carbons (Fsp3) is 0.708. The predicted octanol–water partition coefficient (Wildman–Crippen LogP) is 2.96. The lowest BCUT2D eigenvalue weighted by Gasteiger charge is -2.44. The molecular formula is C24H34N4O4. The van der Waals surface area contributed by atoms with E-state index >= 15 is 0 Å². The maximum absolute atomic E-state index is 12.5. The van der Waals surface area contributed by atoms with Crippen molar-refractivity contribution in [3.8, 4) is 6.07 Å². The van der Waals surface area contributed by atoms with E-state index in [-0.39, 0.29) is 30.8 Å². The second kappa shape index (κ2) is 8.87. The number of aliphatic hydroxyl groups excluding tert-OH is 1. The molecule has 1 aromatic rings. The van der Waals surface area contributed by atoms with E-state index in [1.165, 1.54) is 0 Å². The highest BCUT2D eigenvalue weighted by molar-refractivity contribution is 5.69. The van der Waals surface area contributed by atoms with Crippen molar-refractivity contribution in [3.63, 3.8) is 0 Å². The molecule has 8 nitrogen and oxygen atoms in total. The summed E-state index contributed by atoms with van der Waals surface area (Å²) in [5.41, 5.74) is 3.63. The van der Waals surface area contributed by atoms with Gasteiger partial charge in [0.05, 0.1) is 36.1 Å². The van der Waals surface area contributed by atoms with E-state index in [2.05, 4.69) is 38.7 Å². The minimum Gasteiger partial charge on any atom is -0.447 e. The summed E-state index contributed by atoms with van der Waals surface area (Å²) in [6.45, 7) is 10.3. The van der Waals surface area contributed by atoms with Crippen molar-refractivity contribution in [2.75, 3.05) is 37.7 Å². The molecule has 0 radical (unpaired) electrons. The van der Waals surface area contributed by atoms with Gasteiger partial charge in [-0.15, -0.1) is 0 Å². The monoisotopic (exact) mass is 442 g/mol. The number of amides is 1. The Kier molecular flexibility index (Phi) is 6.33. The Morgan fingerprint density at radius 3 is 2.72 bits per heavy atom. The Bertz CT molecular complexity index is 920. The van der Waals surface area contributed by atoms with Crippen LogP contribution in [0.15, 0.2) is 0 Å². The molecule has 32 heavy (non-hydrogen) atoms. The number of rotatable bonds is 5. The molecule has 0 bridgehead atoms. The average molecular weight is 443 g/mol. The highest BCUT2D eigenvalue weighted by Crippen LogP contribution is 2.46. The molecule has 2 aliphatic heterocycles. The largest absolute Gasteiger partial charge is 0.447 e. The zero-order chi connectivity index (χ0) is 23.0. The second-order valence-electron chi connectivity index (χ2n) is 10.1. The van der Waals surface area contributed by atoms with Gasteiger partial charge in [0, 0.05) is 37.5 Å². The van der Waals surface area contributed by atoms with Gasteiger partial charge in [0.15, 0.2) is 0 Å². The summed E-state index contributed by atoms with van der Waals surface area (Å²) in [6, 6.07) is 2.39. The summed E-state index contributed by atoms with van der Waals surface area (Å²) in [5, 5.41) is 19.2. The second-order valence-corrected chi connectivity index (χ2v) is 10.1. The lowest BCUT2D eigenvalue weighted by Crippen LogP contribution is -2.57. The number of fused-ring (bicyclic) bond motifs is 1. The Morgan fingerprint density at radius 2 is 2.09 bits per heavy atom. The molecule has 0 spiro atoms. The number of nitriles is 1. The fourth-order valence-electron chi connectivity index (χ4n) is 4.83. The van der Waals surface area contributed by atoms with Crippen molar-refractivity contribution >= 4 is 11.9 Å². The smallest absolute Gasteiger partial charge is 0.410 e. The van der Waals surface area contributed by atoms with E-state index in [1.54, 1.807) is 4.90 Å². The van der Waals surface area contributed by atoms with Crippen molar-refractivity contribution in [1.29, 1.82) is 5.26 Å². The van der Waals surface area contributed by atoms with Crippen molar-refractivity contribution in [2.24, 2.45) is 5.92 Å². The molecule has 1 saturated heterocycles. The average Bonchev–Trinajstić information content (AvgIpc) is 3.60. The first-order chi connectivity index (χ1) is 15.3. The molecule has 1 aromatic heterocycles. The van der Waals surface area contributed by atoms with Crippen molar-refractivity contribution in [3.05, 3.63) is 22.4 Å². The molecule has 1 amide bonds. The minimum atomic E-state index is -0.395. The summed E-state index contributed by atoms with van der Waals surface area (Å²) in [5.74, 6) is 1.41. The zero-order valence-corrected chi connectivity index (χ0v) is 19.6. The van der Waals surface area contributed by atoms with Gasteiger partial charge in [0.2, 0.25) is 0 Å². The molecule has 1 saturated carbocycles. The first-order valence-corrected chi connectivity index (χ1v) is 11.6. The summed E-state index contributed by atoms with van der Waals surface area (Å²) >= 11 is 0. The number of carbonyl (C=O) groups excluding carboxylic acids is 1. The van der Waals surface area contributed by atoms with Gasteiger partial charge in [-0.2, -0.15) is 5.26 Å². The van der Waals surface area contributed by atoms with E-state index in [0.29, 0.717) is 44.1 Å². The normalized spacial score (nSPS) is 22.5. The molecular weight excluding hydrogens is 408 g/mol. The molecule has 2 fully saturated rings. The number of hydrogen-bond donors (Lipinski definition) is 1. The van der Waals surface area contributed by atoms with E-state index in [4.69, 9.17) is 19.6 Å². The van der Waals surface area contributed by atoms with Crippen LogP contribution in [0.2, 0.25) is 0 Å². The number of nitrogens with zero attached hydrogens (tertiary/aromatic N) is 4. The Labute approximate surface area is 190 Å². The van der Waals surface area contributed by atoms with Gasteiger partial charge in [0.1, 0.15) is 18.5 Å². The van der Waals surface area contributed by atoms with Crippen LogP contribution in [0, 0.1) is 17.2 Å². The van der Waals surface area contributed by atoms with E-state index < -0.39 is 6.09 Å². The number of carbonyl (C=O) groups is 1. The Morgan fingerprint density at radius 1 is 1.34 bits per heavy atom. The summed E-state index contributed by atoms with van der Waals surface area (Å²) in [4.78, 5) is 21.5. The van der Waals surface area contributed by atoms with Crippen LogP contribution in [0.25, 0.3) is 0 Å². The zero-order valence-electron chi connectivity index (χ0n) is 19.6. The van der Waals surface area contributed by atoms with Crippen LogP contribution in [0.1, 0.15) is 68.8 Å². The number of anilines is 1. The number of aromatic nitrogens is 1. The van der Waals surface area contributed by atoms with Gasteiger partial charge in [-0.3, -0.25) is 0 Å². The van der Waals surface area contributed by atoms with E-state index in [0.717, 1.165) is 35.5 Å². The molecule has 1 atom stereocenters. The topological polar surface area (TPSA) is 98.9 Å². The molecule has 0 aromatic carbocycles. The molecule has 3 heterocycles. The lowest BCUT2D eigenvalue weighted by molar-refractivity contribution is -0.0407. The van der Waals surface area contributed by atoms with Crippen molar-refractivity contribution < 1.29 is 19.4 Å². The van der Waals surface area contributed by atoms with Crippen LogP contribution in [0.3, 0.4) is 0 Å². The third-order valence-corrected chi connectivity index (χ3v) is 6.75. The molecule has 8 heteroatoms. The number of ether oxygens (including phenoxy) is 2. The third kappa shape index (κ3) is 4.41. The van der Waals surface area contributed by atoms with Crippen molar-refractivity contribution in [2.45, 2.75) is 71.1 Å². The molecule has 4 rings (SSSR count). The number of pyridine rings is 1. The quantitative estimate of drug-likeness (QED) is 0.748. The van der Waals surface area contributed by atoms with Crippen LogP contribution < -0.4 is 4.90 Å². The van der Waals surface area contributed by atoms with Gasteiger partial charge in [0.25, 0.3) is 0 Å². The fourth-order valence-corrected chi connectivity index (χ4v) is 4.83. The lowest BCUT2D eigenvalue weighted by atomic mass is 9.87. The van der Waals surface area contributed by atoms with Gasteiger partial charge >= 0.3 is 6.09 Å². The highest BCUT2D eigenvalue weighted by Gasteiger charge is 2.39. The van der Waals surface area contributed by atoms with E-state index in [9.17, 15) is 10.1 Å². The Balaban J connectivity index is 1.68. The molecule has 174 valence electrons. The van der Waals surface area contributed by atoms with Gasteiger partial charge in [-0.25, -0.2) is 9.78 Å². The third-order valence-electron chi connectivity index (χ3n) is 6.75. The SMILES string of the molecule is CC(C)[C@@H]1CN(c2nc(C3CC3)c3c(c2C#N)CC(C)(C)OC3)CCN1C(=O)OCCO. The Hall–Kier alpha value is -2.37. The van der Waals surface area contributed by atoms with Gasteiger partial charge < -0.3 is 24.4 Å². The first kappa shape index (κ1) is 22.8. The van der Waals surface area contributed by atoms with Crippen LogP contribution in [-0.4, -0.2) is 65.6 Å². The summed E-state index contributed by atoms with van der Waals surface area (Å²) in [6.07, 6.45) is 2.57. The van der Waals surface area contributed by atoms with Crippen LogP contribution >= 0.6 is 0 Å². The molecule has 0 unspecified atom stereocenters. The van der Waals surface area contributed by atoms with E-state index in [1.807, 2.05) is 0 Å². The predicted molar refractivity (Wildman–Crippen MR) is 119 cm³/mol. The molecule has 1 aliphatic carbocycles. The van der Waals surface area contributed by atoms with Crippen LogP contribution in [0.5, 0.6) is 0 Å². The molecule has 1 N–H and O–H groups in total. The minimum absolute atomic E-state index is 0.00255. The van der Waals surface area contributed by atoms with Gasteiger partial charge in [-0.1, -0.05) is 13.8 Å². The number of piperazine rings is 1. The number of hydrogen-bond acceptors (Lipinski definition) is 7. The highest BCUT2D eigenvalue weighted by atomic mass is 16.6. The maximum atomic E-state index is 12.5. The first-order valence-electron chi connectivity index (χ1n) is 11.6. The maximum Gasteiger partial charge on any atom is 0.410 e. The number of aliphatic hydroxyl groups is 1. The van der Waals surface area contributed by atoms with Crippen molar-refractivity contribution in [1.82, 2.24) is 9.88 Å². The van der Waals surface area contributed by atoms with Gasteiger partial charge in [-0.05, 0) is 38.2 Å².